The highest BCUT2D eigenvalue weighted by Gasteiger charge is 2.16. The first-order chi connectivity index (χ1) is 7.45. The van der Waals surface area contributed by atoms with Crippen LogP contribution in [0.2, 0.25) is 0 Å². The van der Waals surface area contributed by atoms with Crippen molar-refractivity contribution in [3.8, 4) is 0 Å². The average molecular weight is 226 g/mol. The Kier molecular flexibility index (Phi) is 2.18. The SMILES string of the molecule is CC(F)n1cnc2c(=O)n(C)c(=O)n(C)c21. The Bertz CT molecular complexity index is 664. The minimum Gasteiger partial charge on any atom is -0.285 e. The van der Waals surface area contributed by atoms with E-state index in [1.54, 1.807) is 0 Å². The van der Waals surface area contributed by atoms with Crippen LogP contribution in [-0.2, 0) is 14.1 Å². The van der Waals surface area contributed by atoms with Crippen molar-refractivity contribution in [2.75, 3.05) is 0 Å². The predicted molar refractivity (Wildman–Crippen MR) is 56.0 cm³/mol. The van der Waals surface area contributed by atoms with Crippen LogP contribution >= 0.6 is 0 Å². The Morgan fingerprint density at radius 2 is 1.94 bits per heavy atom. The van der Waals surface area contributed by atoms with Crippen LogP contribution in [0.1, 0.15) is 13.2 Å². The van der Waals surface area contributed by atoms with E-state index in [2.05, 4.69) is 4.98 Å². The summed E-state index contributed by atoms with van der Waals surface area (Å²) in [6, 6.07) is 0. The largest absolute Gasteiger partial charge is 0.332 e. The third-order valence-electron chi connectivity index (χ3n) is 2.55. The van der Waals surface area contributed by atoms with Gasteiger partial charge in [-0.05, 0) is 6.92 Å². The third-order valence-corrected chi connectivity index (χ3v) is 2.55. The Morgan fingerprint density at radius 3 is 2.50 bits per heavy atom. The zero-order chi connectivity index (χ0) is 12.0. The first-order valence-corrected chi connectivity index (χ1v) is 4.71. The summed E-state index contributed by atoms with van der Waals surface area (Å²) in [4.78, 5) is 27.2. The third kappa shape index (κ3) is 1.21. The van der Waals surface area contributed by atoms with Crippen molar-refractivity contribution in [1.29, 1.82) is 0 Å². The van der Waals surface area contributed by atoms with Gasteiger partial charge in [0.2, 0.25) is 0 Å². The number of hydrogen-bond acceptors (Lipinski definition) is 3. The lowest BCUT2D eigenvalue weighted by atomic mass is 10.5. The summed E-state index contributed by atoms with van der Waals surface area (Å²) < 4.78 is 16.5. The summed E-state index contributed by atoms with van der Waals surface area (Å²) in [5.74, 6) is 0. The van der Waals surface area contributed by atoms with Crippen molar-refractivity contribution >= 4 is 11.2 Å². The maximum absolute atomic E-state index is 13.2. The van der Waals surface area contributed by atoms with Gasteiger partial charge in [0.1, 0.15) is 0 Å². The lowest BCUT2D eigenvalue weighted by Gasteiger charge is -2.08. The van der Waals surface area contributed by atoms with E-state index in [-0.39, 0.29) is 11.2 Å². The highest BCUT2D eigenvalue weighted by Crippen LogP contribution is 2.13. The standard InChI is InChI=1S/C9H11FN4O2/c1-5(10)14-4-11-6-7(14)12(2)9(16)13(3)8(6)15/h4-5H,1-3H3. The number of aromatic nitrogens is 4. The van der Waals surface area contributed by atoms with Crippen molar-refractivity contribution in [3.63, 3.8) is 0 Å². The van der Waals surface area contributed by atoms with Crippen LogP contribution in [0.5, 0.6) is 0 Å². The van der Waals surface area contributed by atoms with Gasteiger partial charge in [-0.15, -0.1) is 0 Å². The van der Waals surface area contributed by atoms with Crippen LogP contribution in [-0.4, -0.2) is 18.7 Å². The molecule has 2 rings (SSSR count). The molecule has 2 aromatic heterocycles. The molecule has 0 saturated heterocycles. The fraction of sp³-hybridized carbons (Fsp3) is 0.444. The molecular formula is C9H11FN4O2. The van der Waals surface area contributed by atoms with Gasteiger partial charge < -0.3 is 0 Å². The molecule has 0 amide bonds. The number of nitrogens with zero attached hydrogens (tertiary/aromatic N) is 4. The molecule has 0 aliphatic heterocycles. The fourth-order valence-electron chi connectivity index (χ4n) is 1.66. The number of alkyl halides is 1. The summed E-state index contributed by atoms with van der Waals surface area (Å²) in [6.45, 7) is 1.31. The summed E-state index contributed by atoms with van der Waals surface area (Å²) in [7, 11) is 2.84. The van der Waals surface area contributed by atoms with E-state index < -0.39 is 17.5 Å². The second-order valence-corrected chi connectivity index (χ2v) is 3.60. The van der Waals surface area contributed by atoms with Gasteiger partial charge in [-0.25, -0.2) is 14.2 Å². The topological polar surface area (TPSA) is 61.8 Å². The molecular weight excluding hydrogens is 215 g/mol. The molecule has 2 aromatic rings. The molecule has 7 heteroatoms. The van der Waals surface area contributed by atoms with Gasteiger partial charge in [0.25, 0.3) is 5.56 Å². The van der Waals surface area contributed by atoms with E-state index >= 15 is 0 Å². The summed E-state index contributed by atoms with van der Waals surface area (Å²) >= 11 is 0. The number of hydrogen-bond donors (Lipinski definition) is 0. The normalized spacial score (nSPS) is 13.2. The average Bonchev–Trinajstić information content (AvgIpc) is 2.67. The van der Waals surface area contributed by atoms with Crippen molar-refractivity contribution in [2.24, 2.45) is 14.1 Å². The summed E-state index contributed by atoms with van der Waals surface area (Å²) in [6.07, 6.45) is -0.126. The number of halogens is 1. The molecule has 0 saturated carbocycles. The molecule has 1 atom stereocenters. The fourth-order valence-corrected chi connectivity index (χ4v) is 1.66. The smallest absolute Gasteiger partial charge is 0.285 e. The van der Waals surface area contributed by atoms with Crippen LogP contribution in [0.15, 0.2) is 15.9 Å². The minimum absolute atomic E-state index is 0.0918. The van der Waals surface area contributed by atoms with Gasteiger partial charge in [-0.2, -0.15) is 0 Å². The van der Waals surface area contributed by atoms with Crippen molar-refractivity contribution in [2.45, 2.75) is 13.2 Å². The summed E-state index contributed by atoms with van der Waals surface area (Å²) in [5, 5.41) is 0. The van der Waals surface area contributed by atoms with Crippen molar-refractivity contribution < 1.29 is 4.39 Å². The quantitative estimate of drug-likeness (QED) is 0.683. The van der Waals surface area contributed by atoms with Gasteiger partial charge in [-0.1, -0.05) is 0 Å². The van der Waals surface area contributed by atoms with E-state index in [1.165, 1.54) is 31.9 Å². The first kappa shape index (κ1) is 10.6. The molecule has 2 heterocycles. The van der Waals surface area contributed by atoms with Gasteiger partial charge in [0.05, 0.1) is 6.33 Å². The molecule has 0 N–H and O–H groups in total. The van der Waals surface area contributed by atoms with Gasteiger partial charge in [-0.3, -0.25) is 18.5 Å². The maximum atomic E-state index is 13.2. The Balaban J connectivity index is 3.07. The molecule has 86 valence electrons. The zero-order valence-electron chi connectivity index (χ0n) is 9.14. The first-order valence-electron chi connectivity index (χ1n) is 4.71. The molecule has 0 bridgehead atoms. The minimum atomic E-state index is -1.34. The van der Waals surface area contributed by atoms with E-state index in [0.717, 1.165) is 9.13 Å². The number of rotatable bonds is 1. The maximum Gasteiger partial charge on any atom is 0.332 e. The van der Waals surface area contributed by atoms with Crippen LogP contribution in [0.25, 0.3) is 11.2 Å². The van der Waals surface area contributed by atoms with E-state index in [4.69, 9.17) is 0 Å². The number of imidazole rings is 1. The highest BCUT2D eigenvalue weighted by molar-refractivity contribution is 5.69. The Labute approximate surface area is 89.6 Å². The molecule has 0 aromatic carbocycles. The molecule has 0 aliphatic rings. The monoisotopic (exact) mass is 226 g/mol. The van der Waals surface area contributed by atoms with Gasteiger partial charge in [0, 0.05) is 14.1 Å². The second-order valence-electron chi connectivity index (χ2n) is 3.60. The van der Waals surface area contributed by atoms with E-state index in [1.807, 2.05) is 0 Å². The molecule has 0 fully saturated rings. The highest BCUT2D eigenvalue weighted by atomic mass is 19.1. The lowest BCUT2D eigenvalue weighted by molar-refractivity contribution is 0.272. The number of fused-ring (bicyclic) bond motifs is 1. The Morgan fingerprint density at radius 1 is 1.31 bits per heavy atom. The molecule has 0 radical (unpaired) electrons. The zero-order valence-corrected chi connectivity index (χ0v) is 9.14. The van der Waals surface area contributed by atoms with Crippen LogP contribution < -0.4 is 11.2 Å². The molecule has 1 unspecified atom stereocenters. The number of aryl methyl sites for hydroxylation is 1. The van der Waals surface area contributed by atoms with Crippen LogP contribution in [0.3, 0.4) is 0 Å². The van der Waals surface area contributed by atoms with Gasteiger partial charge in [0.15, 0.2) is 17.5 Å². The molecule has 0 spiro atoms. The van der Waals surface area contributed by atoms with Crippen LogP contribution in [0, 0.1) is 0 Å². The van der Waals surface area contributed by atoms with Crippen molar-refractivity contribution in [3.05, 3.63) is 27.2 Å². The van der Waals surface area contributed by atoms with E-state index in [0.29, 0.717) is 0 Å². The van der Waals surface area contributed by atoms with Crippen LogP contribution in [0.4, 0.5) is 4.39 Å². The Hall–Kier alpha value is -1.92. The lowest BCUT2D eigenvalue weighted by Crippen LogP contribution is -2.37. The predicted octanol–water partition coefficient (Wildman–Crippen LogP) is -0.0783. The van der Waals surface area contributed by atoms with Crippen molar-refractivity contribution in [1.82, 2.24) is 18.7 Å². The second kappa shape index (κ2) is 3.29. The van der Waals surface area contributed by atoms with E-state index in [9.17, 15) is 14.0 Å². The molecule has 6 nitrogen and oxygen atoms in total. The molecule has 16 heavy (non-hydrogen) atoms. The summed E-state index contributed by atoms with van der Waals surface area (Å²) in [5.41, 5.74) is -0.727. The molecule has 0 aliphatic carbocycles. The van der Waals surface area contributed by atoms with Gasteiger partial charge >= 0.3 is 5.69 Å².